The Morgan fingerprint density at radius 2 is 1.94 bits per heavy atom. The molecule has 3 heterocycles. The van der Waals surface area contributed by atoms with Gasteiger partial charge in [0.05, 0.1) is 28.5 Å². The van der Waals surface area contributed by atoms with Crippen molar-refractivity contribution in [1.29, 1.82) is 0 Å². The van der Waals surface area contributed by atoms with Crippen molar-refractivity contribution in [3.05, 3.63) is 75.3 Å². The highest BCUT2D eigenvalue weighted by Crippen LogP contribution is 2.31. The van der Waals surface area contributed by atoms with E-state index >= 15 is 0 Å². The molecule has 0 aliphatic carbocycles. The van der Waals surface area contributed by atoms with Gasteiger partial charge < -0.3 is 10.2 Å². The minimum atomic E-state index is -0.204. The van der Waals surface area contributed by atoms with Crippen LogP contribution in [-0.2, 0) is 6.54 Å². The van der Waals surface area contributed by atoms with Crippen molar-refractivity contribution < 1.29 is 9.59 Å². The summed E-state index contributed by atoms with van der Waals surface area (Å²) in [6, 6.07) is 9.56. The number of hydrogen-bond acceptors (Lipinski definition) is 6. The van der Waals surface area contributed by atoms with Gasteiger partial charge in [0.2, 0.25) is 0 Å². The van der Waals surface area contributed by atoms with Gasteiger partial charge in [-0.05, 0) is 38.7 Å². The fraction of sp³-hybridized carbons (Fsp3) is 0.348. The number of amides is 2. The molecule has 4 rings (SSSR count). The van der Waals surface area contributed by atoms with Crippen LogP contribution in [0.15, 0.2) is 42.0 Å². The van der Waals surface area contributed by atoms with E-state index in [1.54, 1.807) is 11.7 Å². The van der Waals surface area contributed by atoms with Gasteiger partial charge >= 0.3 is 0 Å². The largest absolute Gasteiger partial charge is 0.348 e. The van der Waals surface area contributed by atoms with Crippen LogP contribution in [0, 0.1) is 13.8 Å². The lowest BCUT2D eigenvalue weighted by molar-refractivity contribution is 0.0603. The fourth-order valence-corrected chi connectivity index (χ4v) is 4.58. The van der Waals surface area contributed by atoms with Crippen molar-refractivity contribution in [2.24, 2.45) is 0 Å². The number of rotatable bonds is 5. The third kappa shape index (κ3) is 4.64. The summed E-state index contributed by atoms with van der Waals surface area (Å²) in [5, 5.41) is 2.92. The van der Waals surface area contributed by atoms with Crippen molar-refractivity contribution in [2.75, 3.05) is 6.54 Å². The molecule has 0 bridgehead atoms. The van der Waals surface area contributed by atoms with E-state index in [9.17, 15) is 9.59 Å². The SMILES string of the molecule is Cc1nc([C@@H]2CCCCN2C(=O)c2scnc2C)ncc1C(=O)NCc1ccccc1. The van der Waals surface area contributed by atoms with Crippen LogP contribution in [0.1, 0.15) is 68.1 Å². The highest BCUT2D eigenvalue weighted by atomic mass is 32.1. The van der Waals surface area contributed by atoms with Crippen LogP contribution in [0.4, 0.5) is 0 Å². The van der Waals surface area contributed by atoms with Crippen molar-refractivity contribution in [2.45, 2.75) is 45.7 Å². The van der Waals surface area contributed by atoms with Gasteiger partial charge in [-0.25, -0.2) is 15.0 Å². The number of likely N-dealkylation sites (tertiary alicyclic amines) is 1. The topological polar surface area (TPSA) is 88.1 Å². The van der Waals surface area contributed by atoms with Gasteiger partial charge in [-0.3, -0.25) is 9.59 Å². The molecule has 3 aromatic rings. The zero-order valence-corrected chi connectivity index (χ0v) is 18.5. The number of aryl methyl sites for hydroxylation is 2. The van der Waals surface area contributed by atoms with E-state index in [0.29, 0.717) is 35.0 Å². The quantitative estimate of drug-likeness (QED) is 0.658. The number of carbonyl (C=O) groups excluding carboxylic acids is 2. The smallest absolute Gasteiger partial charge is 0.266 e. The predicted molar refractivity (Wildman–Crippen MR) is 119 cm³/mol. The first kappa shape index (κ1) is 21.1. The Kier molecular flexibility index (Phi) is 6.36. The number of nitrogens with zero attached hydrogens (tertiary/aromatic N) is 4. The molecule has 1 aliphatic rings. The molecule has 7 nitrogen and oxygen atoms in total. The molecule has 2 aromatic heterocycles. The van der Waals surface area contributed by atoms with Crippen LogP contribution in [-0.4, -0.2) is 38.2 Å². The average molecular weight is 436 g/mol. The minimum Gasteiger partial charge on any atom is -0.348 e. The van der Waals surface area contributed by atoms with Gasteiger partial charge in [0, 0.05) is 19.3 Å². The summed E-state index contributed by atoms with van der Waals surface area (Å²) in [5.41, 5.74) is 4.54. The third-order valence-corrected chi connectivity index (χ3v) is 6.46. The maximum Gasteiger partial charge on any atom is 0.266 e. The fourth-order valence-electron chi connectivity index (χ4n) is 3.82. The number of carbonyl (C=O) groups is 2. The zero-order chi connectivity index (χ0) is 21.8. The molecule has 1 aromatic carbocycles. The average Bonchev–Trinajstić information content (AvgIpc) is 3.23. The summed E-state index contributed by atoms with van der Waals surface area (Å²) < 4.78 is 0. The molecule has 1 N–H and O–H groups in total. The van der Waals surface area contributed by atoms with Gasteiger partial charge in [0.25, 0.3) is 11.8 Å². The van der Waals surface area contributed by atoms with Crippen LogP contribution in [0.2, 0.25) is 0 Å². The molecule has 1 fully saturated rings. The van der Waals surface area contributed by atoms with E-state index < -0.39 is 0 Å². The van der Waals surface area contributed by atoms with E-state index in [1.807, 2.05) is 49.1 Å². The van der Waals surface area contributed by atoms with Crippen LogP contribution >= 0.6 is 11.3 Å². The molecule has 0 unspecified atom stereocenters. The zero-order valence-electron chi connectivity index (χ0n) is 17.7. The van der Waals surface area contributed by atoms with Gasteiger partial charge in [0.1, 0.15) is 4.88 Å². The second-order valence-electron chi connectivity index (χ2n) is 7.67. The van der Waals surface area contributed by atoms with Crippen LogP contribution in [0.5, 0.6) is 0 Å². The maximum atomic E-state index is 13.1. The molecular weight excluding hydrogens is 410 g/mol. The molecule has 2 amide bonds. The standard InChI is InChI=1S/C23H25N5O2S/c1-15-18(22(29)25-12-17-8-4-3-5-9-17)13-24-21(27-15)19-10-6-7-11-28(19)23(30)20-16(2)26-14-31-20/h3-5,8-9,13-14,19H,6-7,10-12H2,1-2H3,(H,25,29)/t19-/m0/s1. The molecule has 1 aliphatic heterocycles. The lowest BCUT2D eigenvalue weighted by Gasteiger charge is -2.34. The number of aromatic nitrogens is 3. The van der Waals surface area contributed by atoms with E-state index in [-0.39, 0.29) is 17.9 Å². The number of hydrogen-bond donors (Lipinski definition) is 1. The summed E-state index contributed by atoms with van der Waals surface area (Å²) in [5.74, 6) is 0.368. The Bertz CT molecular complexity index is 1080. The third-order valence-electron chi connectivity index (χ3n) is 5.54. The predicted octanol–water partition coefficient (Wildman–Crippen LogP) is 3.85. The molecule has 0 saturated carbocycles. The van der Waals surface area contributed by atoms with E-state index in [4.69, 9.17) is 0 Å². The first-order chi connectivity index (χ1) is 15.0. The van der Waals surface area contributed by atoms with Gasteiger partial charge in [0.15, 0.2) is 5.82 Å². The first-order valence-corrected chi connectivity index (χ1v) is 11.3. The van der Waals surface area contributed by atoms with Gasteiger partial charge in [-0.1, -0.05) is 30.3 Å². The lowest BCUT2D eigenvalue weighted by Crippen LogP contribution is -2.39. The molecule has 31 heavy (non-hydrogen) atoms. The minimum absolute atomic E-state index is 0.0179. The van der Waals surface area contributed by atoms with Crippen LogP contribution in [0.3, 0.4) is 0 Å². The monoisotopic (exact) mass is 435 g/mol. The van der Waals surface area contributed by atoms with E-state index in [0.717, 1.165) is 30.5 Å². The van der Waals surface area contributed by atoms with Crippen molar-refractivity contribution in [3.8, 4) is 0 Å². The molecule has 8 heteroatoms. The molecule has 1 atom stereocenters. The summed E-state index contributed by atoms with van der Waals surface area (Å²) in [4.78, 5) is 41.6. The molecule has 0 spiro atoms. The molecule has 1 saturated heterocycles. The molecule has 0 radical (unpaired) electrons. The Morgan fingerprint density at radius 1 is 1.13 bits per heavy atom. The summed E-state index contributed by atoms with van der Waals surface area (Å²) in [6.07, 6.45) is 4.35. The number of thiazole rings is 1. The molecule has 160 valence electrons. The highest BCUT2D eigenvalue weighted by molar-refractivity contribution is 7.11. The Hall–Kier alpha value is -3.13. The summed E-state index contributed by atoms with van der Waals surface area (Å²) >= 11 is 1.37. The van der Waals surface area contributed by atoms with Gasteiger partial charge in [-0.15, -0.1) is 11.3 Å². The number of piperidine rings is 1. The number of nitrogens with one attached hydrogen (secondary N) is 1. The Balaban J connectivity index is 1.51. The normalized spacial score (nSPS) is 16.2. The van der Waals surface area contributed by atoms with E-state index in [2.05, 4.69) is 20.3 Å². The van der Waals surface area contributed by atoms with Crippen molar-refractivity contribution in [3.63, 3.8) is 0 Å². The Labute approximate surface area is 185 Å². The lowest BCUT2D eigenvalue weighted by atomic mass is 10.0. The maximum absolute atomic E-state index is 13.1. The number of benzene rings is 1. The second-order valence-corrected chi connectivity index (χ2v) is 8.53. The first-order valence-electron chi connectivity index (χ1n) is 10.4. The summed E-state index contributed by atoms with van der Waals surface area (Å²) in [7, 11) is 0. The van der Waals surface area contributed by atoms with E-state index in [1.165, 1.54) is 11.3 Å². The molecular formula is C23H25N5O2S. The van der Waals surface area contributed by atoms with Gasteiger partial charge in [-0.2, -0.15) is 0 Å². The van der Waals surface area contributed by atoms with Crippen molar-refractivity contribution >= 4 is 23.2 Å². The highest BCUT2D eigenvalue weighted by Gasteiger charge is 2.32. The second kappa shape index (κ2) is 9.34. The van der Waals surface area contributed by atoms with Crippen molar-refractivity contribution in [1.82, 2.24) is 25.2 Å². The van der Waals surface area contributed by atoms with Crippen LogP contribution < -0.4 is 5.32 Å². The van der Waals surface area contributed by atoms with Crippen LogP contribution in [0.25, 0.3) is 0 Å². The Morgan fingerprint density at radius 3 is 2.65 bits per heavy atom. The summed E-state index contributed by atoms with van der Waals surface area (Å²) in [6.45, 7) is 4.78.